The summed E-state index contributed by atoms with van der Waals surface area (Å²) in [5.41, 5.74) is 1.06. The summed E-state index contributed by atoms with van der Waals surface area (Å²) in [6.07, 6.45) is 3.08. The van der Waals surface area contributed by atoms with E-state index < -0.39 is 18.0 Å². The first-order chi connectivity index (χ1) is 9.95. The van der Waals surface area contributed by atoms with Gasteiger partial charge >= 0.3 is 5.97 Å². The number of nitrogens with one attached hydrogen (secondary N) is 1. The highest BCUT2D eigenvalue weighted by molar-refractivity contribution is 5.81. The molecule has 1 aromatic carbocycles. The van der Waals surface area contributed by atoms with E-state index in [1.807, 2.05) is 25.1 Å². The Kier molecular flexibility index (Phi) is 4.62. The number of aryl methyl sites for hydroxylation is 1. The summed E-state index contributed by atoms with van der Waals surface area (Å²) in [5.74, 6) is -1.00. The number of aliphatic carboxylic acids is 1. The zero-order chi connectivity index (χ0) is 15.4. The van der Waals surface area contributed by atoms with Crippen LogP contribution in [0.25, 0.3) is 0 Å². The van der Waals surface area contributed by atoms with Crippen molar-refractivity contribution in [2.45, 2.75) is 32.4 Å². The molecule has 0 heterocycles. The standard InChI is InChI=1S/C16H19NO4/c1-10-4-3-5-14(8-10)21-11(2)15(18)17-13-7-6-12(9-13)16(19)20/h3-8,11-13H,9H2,1-2H3,(H,17,18)(H,19,20). The Morgan fingerprint density at radius 3 is 2.76 bits per heavy atom. The monoisotopic (exact) mass is 289 g/mol. The molecular formula is C16H19NO4. The minimum absolute atomic E-state index is 0.248. The second-order valence-corrected chi connectivity index (χ2v) is 5.26. The van der Waals surface area contributed by atoms with Crippen LogP contribution in [-0.2, 0) is 9.59 Å². The molecule has 1 amide bonds. The van der Waals surface area contributed by atoms with Gasteiger partial charge in [-0.1, -0.05) is 24.3 Å². The number of ether oxygens (including phenoxy) is 1. The van der Waals surface area contributed by atoms with Crippen molar-refractivity contribution in [2.75, 3.05) is 0 Å². The van der Waals surface area contributed by atoms with Crippen molar-refractivity contribution < 1.29 is 19.4 Å². The van der Waals surface area contributed by atoms with Crippen LogP contribution in [0, 0.1) is 12.8 Å². The van der Waals surface area contributed by atoms with Gasteiger partial charge in [0.1, 0.15) is 5.75 Å². The Balaban J connectivity index is 1.86. The zero-order valence-corrected chi connectivity index (χ0v) is 12.1. The highest BCUT2D eigenvalue weighted by atomic mass is 16.5. The minimum Gasteiger partial charge on any atom is -0.481 e. The molecule has 3 unspecified atom stereocenters. The van der Waals surface area contributed by atoms with Crippen LogP contribution in [0.2, 0.25) is 0 Å². The van der Waals surface area contributed by atoms with Crippen molar-refractivity contribution in [3.05, 3.63) is 42.0 Å². The predicted octanol–water partition coefficient (Wildman–Crippen LogP) is 1.91. The lowest BCUT2D eigenvalue weighted by Gasteiger charge is -2.18. The quantitative estimate of drug-likeness (QED) is 0.812. The maximum absolute atomic E-state index is 12.0. The fourth-order valence-electron chi connectivity index (χ4n) is 2.24. The van der Waals surface area contributed by atoms with Gasteiger partial charge in [0.25, 0.3) is 5.91 Å². The van der Waals surface area contributed by atoms with Crippen molar-refractivity contribution in [3.8, 4) is 5.75 Å². The number of carbonyl (C=O) groups is 2. The van der Waals surface area contributed by atoms with Crippen LogP contribution >= 0.6 is 0 Å². The molecule has 0 fully saturated rings. The van der Waals surface area contributed by atoms with Gasteiger partial charge in [0.05, 0.1) is 5.92 Å². The van der Waals surface area contributed by atoms with Gasteiger partial charge in [-0.3, -0.25) is 9.59 Å². The second kappa shape index (κ2) is 6.43. The lowest BCUT2D eigenvalue weighted by Crippen LogP contribution is -2.41. The van der Waals surface area contributed by atoms with Gasteiger partial charge in [0.2, 0.25) is 0 Å². The van der Waals surface area contributed by atoms with Crippen molar-refractivity contribution in [2.24, 2.45) is 5.92 Å². The van der Waals surface area contributed by atoms with Crippen LogP contribution in [0.1, 0.15) is 18.9 Å². The summed E-state index contributed by atoms with van der Waals surface area (Å²) in [4.78, 5) is 22.9. The fourth-order valence-corrected chi connectivity index (χ4v) is 2.24. The lowest BCUT2D eigenvalue weighted by molar-refractivity contribution is -0.140. The Morgan fingerprint density at radius 1 is 1.38 bits per heavy atom. The van der Waals surface area contributed by atoms with E-state index in [1.54, 1.807) is 25.1 Å². The Morgan fingerprint density at radius 2 is 2.14 bits per heavy atom. The summed E-state index contributed by atoms with van der Waals surface area (Å²) in [6, 6.07) is 7.23. The Bertz CT molecular complexity index is 567. The normalized spacial score (nSPS) is 21.8. The molecule has 0 aliphatic heterocycles. The van der Waals surface area contributed by atoms with Crippen LogP contribution in [0.3, 0.4) is 0 Å². The average Bonchev–Trinajstić information content (AvgIpc) is 2.87. The summed E-state index contributed by atoms with van der Waals surface area (Å²) in [7, 11) is 0. The van der Waals surface area contributed by atoms with E-state index in [0.29, 0.717) is 12.2 Å². The van der Waals surface area contributed by atoms with Crippen molar-refractivity contribution >= 4 is 11.9 Å². The largest absolute Gasteiger partial charge is 0.481 e. The zero-order valence-electron chi connectivity index (χ0n) is 12.1. The number of carbonyl (C=O) groups excluding carboxylic acids is 1. The molecule has 0 saturated heterocycles. The van der Waals surface area contributed by atoms with Gasteiger partial charge in [0, 0.05) is 6.04 Å². The van der Waals surface area contributed by atoms with E-state index in [-0.39, 0.29) is 11.9 Å². The van der Waals surface area contributed by atoms with Crippen LogP contribution in [0.4, 0.5) is 0 Å². The SMILES string of the molecule is Cc1cccc(OC(C)C(=O)NC2C=CC(C(=O)O)C2)c1. The van der Waals surface area contributed by atoms with Gasteiger partial charge in [-0.15, -0.1) is 0 Å². The molecule has 0 radical (unpaired) electrons. The van der Waals surface area contributed by atoms with Gasteiger partial charge in [-0.2, -0.15) is 0 Å². The number of benzene rings is 1. The molecule has 0 saturated carbocycles. The van der Waals surface area contributed by atoms with Gasteiger partial charge in [-0.05, 0) is 38.0 Å². The van der Waals surface area contributed by atoms with Crippen LogP contribution in [0.15, 0.2) is 36.4 Å². The molecule has 1 aliphatic carbocycles. The molecule has 112 valence electrons. The van der Waals surface area contributed by atoms with Gasteiger partial charge < -0.3 is 15.2 Å². The third kappa shape index (κ3) is 4.08. The number of rotatable bonds is 5. The molecule has 5 nitrogen and oxygen atoms in total. The molecule has 1 aliphatic rings. The summed E-state index contributed by atoms with van der Waals surface area (Å²) in [5, 5.41) is 11.7. The van der Waals surface area contributed by atoms with E-state index in [1.165, 1.54) is 0 Å². The molecule has 5 heteroatoms. The molecule has 1 aromatic rings. The molecule has 2 rings (SSSR count). The summed E-state index contributed by atoms with van der Waals surface area (Å²) >= 11 is 0. The average molecular weight is 289 g/mol. The number of carboxylic acid groups (broad SMARTS) is 1. The molecule has 0 aromatic heterocycles. The van der Waals surface area contributed by atoms with Crippen LogP contribution < -0.4 is 10.1 Å². The van der Waals surface area contributed by atoms with E-state index in [2.05, 4.69) is 5.32 Å². The first-order valence-corrected chi connectivity index (χ1v) is 6.90. The number of hydrogen-bond acceptors (Lipinski definition) is 3. The lowest BCUT2D eigenvalue weighted by atomic mass is 10.1. The topological polar surface area (TPSA) is 75.6 Å². The molecule has 0 bridgehead atoms. The predicted molar refractivity (Wildman–Crippen MR) is 78.1 cm³/mol. The van der Waals surface area contributed by atoms with Crippen molar-refractivity contribution in [1.29, 1.82) is 0 Å². The number of amides is 1. The van der Waals surface area contributed by atoms with E-state index in [9.17, 15) is 9.59 Å². The maximum Gasteiger partial charge on any atom is 0.310 e. The maximum atomic E-state index is 12.0. The van der Waals surface area contributed by atoms with Crippen LogP contribution in [-0.4, -0.2) is 29.1 Å². The highest BCUT2D eigenvalue weighted by Crippen LogP contribution is 2.18. The Labute approximate surface area is 123 Å². The molecule has 0 spiro atoms. The van der Waals surface area contributed by atoms with E-state index >= 15 is 0 Å². The van der Waals surface area contributed by atoms with Crippen molar-refractivity contribution in [1.82, 2.24) is 5.32 Å². The van der Waals surface area contributed by atoms with Gasteiger partial charge in [0.15, 0.2) is 6.10 Å². The summed E-state index contributed by atoms with van der Waals surface area (Å²) < 4.78 is 5.59. The third-order valence-corrected chi connectivity index (χ3v) is 3.40. The molecule has 3 atom stereocenters. The van der Waals surface area contributed by atoms with E-state index in [4.69, 9.17) is 9.84 Å². The summed E-state index contributed by atoms with van der Waals surface area (Å²) in [6.45, 7) is 3.62. The molecular weight excluding hydrogens is 270 g/mol. The van der Waals surface area contributed by atoms with E-state index in [0.717, 1.165) is 5.56 Å². The molecule has 2 N–H and O–H groups in total. The number of carboxylic acids is 1. The van der Waals surface area contributed by atoms with Crippen molar-refractivity contribution in [3.63, 3.8) is 0 Å². The first kappa shape index (κ1) is 15.1. The molecule has 21 heavy (non-hydrogen) atoms. The Hall–Kier alpha value is -2.30. The van der Waals surface area contributed by atoms with Gasteiger partial charge in [-0.25, -0.2) is 0 Å². The number of hydrogen-bond donors (Lipinski definition) is 2. The smallest absolute Gasteiger partial charge is 0.310 e. The minimum atomic E-state index is -0.868. The van der Waals surface area contributed by atoms with Crippen LogP contribution in [0.5, 0.6) is 5.75 Å². The fraction of sp³-hybridized carbons (Fsp3) is 0.375. The third-order valence-electron chi connectivity index (χ3n) is 3.40. The first-order valence-electron chi connectivity index (χ1n) is 6.90. The highest BCUT2D eigenvalue weighted by Gasteiger charge is 2.27. The second-order valence-electron chi connectivity index (χ2n) is 5.26.